The number of hydrogen-bond acceptors (Lipinski definition) is 5. The summed E-state index contributed by atoms with van der Waals surface area (Å²) in [4.78, 5) is 3.85. The molecule has 1 aliphatic rings. The molecule has 2 heterocycles. The molecule has 0 saturated carbocycles. The van der Waals surface area contributed by atoms with Crippen LogP contribution in [0.5, 0.6) is 0 Å². The first-order valence-electron chi connectivity index (χ1n) is 5.83. The van der Waals surface area contributed by atoms with Gasteiger partial charge in [-0.2, -0.15) is 4.31 Å². The van der Waals surface area contributed by atoms with Crippen molar-refractivity contribution in [3.05, 3.63) is 22.9 Å². The minimum Gasteiger partial charge on any atom is -0.262 e. The van der Waals surface area contributed by atoms with Gasteiger partial charge in [-0.15, -0.1) is 0 Å². The molecule has 1 unspecified atom stereocenters. The van der Waals surface area contributed by atoms with Crippen molar-refractivity contribution in [3.8, 4) is 0 Å². The van der Waals surface area contributed by atoms with Crippen molar-refractivity contribution in [2.24, 2.45) is 5.14 Å². The van der Waals surface area contributed by atoms with Gasteiger partial charge >= 0.3 is 0 Å². The zero-order chi connectivity index (χ0) is 15.0. The molecule has 0 aliphatic carbocycles. The van der Waals surface area contributed by atoms with E-state index in [2.05, 4.69) is 20.9 Å². The molecule has 0 amide bonds. The van der Waals surface area contributed by atoms with Gasteiger partial charge in [0.1, 0.15) is 4.90 Å². The van der Waals surface area contributed by atoms with E-state index in [1.807, 2.05) is 0 Å². The summed E-state index contributed by atoms with van der Waals surface area (Å²) >= 11 is 3.16. The Morgan fingerprint density at radius 2 is 2.00 bits per heavy atom. The highest BCUT2D eigenvalue weighted by atomic mass is 79.9. The molecule has 1 fully saturated rings. The number of aromatic nitrogens is 1. The molecule has 1 aromatic heterocycles. The van der Waals surface area contributed by atoms with Crippen LogP contribution >= 0.6 is 15.9 Å². The second-order valence-electron chi connectivity index (χ2n) is 4.56. The Kier molecular flexibility index (Phi) is 4.50. The van der Waals surface area contributed by atoms with Gasteiger partial charge in [-0.1, -0.05) is 0 Å². The summed E-state index contributed by atoms with van der Waals surface area (Å²) < 4.78 is 49.3. The largest absolute Gasteiger partial charge is 0.262 e. The van der Waals surface area contributed by atoms with Crippen LogP contribution in [0.3, 0.4) is 0 Å². The number of piperidine rings is 1. The lowest BCUT2D eigenvalue weighted by molar-refractivity contribution is 0.346. The average molecular weight is 384 g/mol. The normalized spacial score (nSPS) is 21.8. The van der Waals surface area contributed by atoms with Gasteiger partial charge in [-0.05, 0) is 34.8 Å². The smallest absolute Gasteiger partial charge is 0.244 e. The molecule has 2 N–H and O–H groups in total. The summed E-state index contributed by atoms with van der Waals surface area (Å²) in [5, 5.41) is 4.25. The van der Waals surface area contributed by atoms with Crippen molar-refractivity contribution in [1.82, 2.24) is 9.29 Å². The second-order valence-corrected chi connectivity index (χ2v) is 9.25. The van der Waals surface area contributed by atoms with Crippen LogP contribution in [0, 0.1) is 0 Å². The van der Waals surface area contributed by atoms with Gasteiger partial charge in [0.15, 0.2) is 0 Å². The number of sulfonamides is 2. The van der Waals surface area contributed by atoms with Gasteiger partial charge in [0.2, 0.25) is 20.0 Å². The van der Waals surface area contributed by atoms with Gasteiger partial charge in [-0.25, -0.2) is 22.0 Å². The number of nitrogens with zero attached hydrogens (tertiary/aromatic N) is 2. The van der Waals surface area contributed by atoms with E-state index in [1.54, 1.807) is 0 Å². The fraction of sp³-hybridized carbons (Fsp3) is 0.500. The molecule has 10 heteroatoms. The average Bonchev–Trinajstić information content (AvgIpc) is 2.38. The number of pyridine rings is 1. The molecule has 112 valence electrons. The monoisotopic (exact) mass is 383 g/mol. The molecule has 1 aromatic rings. The fourth-order valence-electron chi connectivity index (χ4n) is 2.07. The maximum Gasteiger partial charge on any atom is 0.244 e. The van der Waals surface area contributed by atoms with Crippen molar-refractivity contribution in [2.75, 3.05) is 13.1 Å². The lowest BCUT2D eigenvalue weighted by atomic mass is 10.2. The Morgan fingerprint density at radius 1 is 1.30 bits per heavy atom. The first kappa shape index (κ1) is 15.8. The molecule has 0 radical (unpaired) electrons. The van der Waals surface area contributed by atoms with E-state index in [0.717, 1.165) is 4.31 Å². The van der Waals surface area contributed by atoms with Crippen LogP contribution in [0.25, 0.3) is 0 Å². The molecule has 2 rings (SSSR count). The highest BCUT2D eigenvalue weighted by molar-refractivity contribution is 9.10. The molecule has 20 heavy (non-hydrogen) atoms. The van der Waals surface area contributed by atoms with Crippen molar-refractivity contribution in [2.45, 2.75) is 23.0 Å². The summed E-state index contributed by atoms with van der Waals surface area (Å²) in [7, 11) is -7.50. The van der Waals surface area contributed by atoms with Gasteiger partial charge < -0.3 is 0 Å². The number of rotatable bonds is 3. The molecular weight excluding hydrogens is 370 g/mol. The van der Waals surface area contributed by atoms with E-state index in [0.29, 0.717) is 17.3 Å². The van der Waals surface area contributed by atoms with Gasteiger partial charge in [-0.3, -0.25) is 4.98 Å². The first-order valence-corrected chi connectivity index (χ1v) is 9.68. The fourth-order valence-corrected chi connectivity index (χ4v) is 5.08. The van der Waals surface area contributed by atoms with E-state index >= 15 is 0 Å². The zero-order valence-corrected chi connectivity index (χ0v) is 13.7. The lowest BCUT2D eigenvalue weighted by Crippen LogP contribution is -2.46. The Hall–Kier alpha value is -0.550. The summed E-state index contributed by atoms with van der Waals surface area (Å²) in [5.41, 5.74) is 0. The molecule has 1 saturated heterocycles. The minimum absolute atomic E-state index is 0.0296. The third-order valence-corrected chi connectivity index (χ3v) is 6.70. The number of hydrogen-bond donors (Lipinski definition) is 1. The molecule has 1 atom stereocenters. The summed E-state index contributed by atoms with van der Waals surface area (Å²) in [5.74, 6) is 0. The molecule has 7 nitrogen and oxygen atoms in total. The Bertz CT molecular complexity index is 705. The van der Waals surface area contributed by atoms with Crippen LogP contribution < -0.4 is 5.14 Å². The molecule has 0 aromatic carbocycles. The van der Waals surface area contributed by atoms with Crippen LogP contribution in [0.15, 0.2) is 27.8 Å². The highest BCUT2D eigenvalue weighted by Crippen LogP contribution is 2.24. The summed E-state index contributed by atoms with van der Waals surface area (Å²) in [6, 6.07) is 1.43. The highest BCUT2D eigenvalue weighted by Gasteiger charge is 2.34. The SMILES string of the molecule is NS(=O)(=O)C1CCCN(S(=O)(=O)c2cncc(Br)c2)C1. The molecular formula is C10H14BrN3O4S2. The predicted molar refractivity (Wildman–Crippen MR) is 76.8 cm³/mol. The third kappa shape index (κ3) is 3.37. The standard InChI is InChI=1S/C10H14BrN3O4S2/c11-8-4-10(6-13-5-8)20(17,18)14-3-1-2-9(7-14)19(12,15)16/h4-6,9H,1-3,7H2,(H2,12,15,16). The van der Waals surface area contributed by atoms with Crippen molar-refractivity contribution in [3.63, 3.8) is 0 Å². The molecule has 1 aliphatic heterocycles. The number of primary sulfonamides is 1. The van der Waals surface area contributed by atoms with E-state index in [9.17, 15) is 16.8 Å². The van der Waals surface area contributed by atoms with Gasteiger partial charge in [0, 0.05) is 30.0 Å². The minimum atomic E-state index is -3.76. The van der Waals surface area contributed by atoms with E-state index in [-0.39, 0.29) is 18.0 Å². The maximum atomic E-state index is 12.4. The molecule has 0 spiro atoms. The van der Waals surface area contributed by atoms with Crippen molar-refractivity contribution >= 4 is 36.0 Å². The topological polar surface area (TPSA) is 110 Å². The maximum absolute atomic E-state index is 12.4. The number of nitrogens with two attached hydrogens (primary N) is 1. The predicted octanol–water partition coefficient (Wildman–Crippen LogP) is 0.286. The summed E-state index contributed by atoms with van der Waals surface area (Å²) in [6.45, 7) is 0.161. The van der Waals surface area contributed by atoms with Crippen molar-refractivity contribution in [1.29, 1.82) is 0 Å². The van der Waals surface area contributed by atoms with Crippen molar-refractivity contribution < 1.29 is 16.8 Å². The van der Waals surface area contributed by atoms with Crippen LogP contribution in [-0.4, -0.2) is 44.5 Å². The Morgan fingerprint density at radius 3 is 2.60 bits per heavy atom. The second kappa shape index (κ2) is 5.68. The Labute approximate surface area is 126 Å². The third-order valence-electron chi connectivity index (χ3n) is 3.12. The lowest BCUT2D eigenvalue weighted by Gasteiger charge is -2.30. The quantitative estimate of drug-likeness (QED) is 0.805. The van der Waals surface area contributed by atoms with E-state index in [4.69, 9.17) is 5.14 Å². The Balaban J connectivity index is 2.30. The summed E-state index contributed by atoms with van der Waals surface area (Å²) in [6.07, 6.45) is 3.55. The van der Waals surface area contributed by atoms with Crippen LogP contribution in [0.2, 0.25) is 0 Å². The van der Waals surface area contributed by atoms with E-state index < -0.39 is 25.3 Å². The van der Waals surface area contributed by atoms with Gasteiger partial charge in [0.25, 0.3) is 0 Å². The van der Waals surface area contributed by atoms with E-state index in [1.165, 1.54) is 18.5 Å². The first-order chi connectivity index (χ1) is 9.21. The van der Waals surface area contributed by atoms with Crippen LogP contribution in [0.1, 0.15) is 12.8 Å². The molecule has 0 bridgehead atoms. The van der Waals surface area contributed by atoms with Crippen LogP contribution in [-0.2, 0) is 20.0 Å². The number of halogens is 1. The van der Waals surface area contributed by atoms with Gasteiger partial charge in [0.05, 0.1) is 5.25 Å². The van der Waals surface area contributed by atoms with Crippen LogP contribution in [0.4, 0.5) is 0 Å². The zero-order valence-electron chi connectivity index (χ0n) is 10.4.